The number of thiazole rings is 1. The highest BCUT2D eigenvalue weighted by molar-refractivity contribution is 7.10. The van der Waals surface area contributed by atoms with Gasteiger partial charge in [0.1, 0.15) is 35.8 Å². The molecule has 5 atom stereocenters. The third kappa shape index (κ3) is 11.1. The maximum Gasteiger partial charge on any atom is 0.318 e. The number of nitriles is 1. The first-order chi connectivity index (χ1) is 36.8. The Hall–Kier alpha value is -6.38. The molecule has 75 heavy (non-hydrogen) atoms. The van der Waals surface area contributed by atoms with Gasteiger partial charge in [-0.25, -0.2) is 4.98 Å². The summed E-state index contributed by atoms with van der Waals surface area (Å²) in [5.41, 5.74) is 5.13. The van der Waals surface area contributed by atoms with Gasteiger partial charge in [0.25, 0.3) is 0 Å². The molecule has 5 aliphatic rings. The van der Waals surface area contributed by atoms with Crippen LogP contribution in [0.5, 0.6) is 11.8 Å². The van der Waals surface area contributed by atoms with Crippen molar-refractivity contribution >= 4 is 56.2 Å². The minimum absolute atomic E-state index is 0.00151. The molecule has 4 aromatic carbocycles. The molecule has 2 aromatic heterocycles. The van der Waals surface area contributed by atoms with Crippen LogP contribution >= 0.6 is 11.3 Å². The van der Waals surface area contributed by atoms with Crippen LogP contribution < -0.4 is 29.9 Å². The smallest absolute Gasteiger partial charge is 0.318 e. The van der Waals surface area contributed by atoms with Crippen LogP contribution in [-0.2, 0) is 27.3 Å². The highest BCUT2D eigenvalue weighted by Gasteiger charge is 2.40. The van der Waals surface area contributed by atoms with Crippen LogP contribution in [0.15, 0.2) is 84.2 Å². The Kier molecular flexibility index (Phi) is 15.7. The second-order valence-corrected chi connectivity index (χ2v) is 22.0. The monoisotopic (exact) mass is 1030 g/mol. The summed E-state index contributed by atoms with van der Waals surface area (Å²) >= 11 is 1.60. The van der Waals surface area contributed by atoms with Crippen molar-refractivity contribution in [3.63, 3.8) is 0 Å². The van der Waals surface area contributed by atoms with E-state index in [1.54, 1.807) is 11.3 Å². The van der Waals surface area contributed by atoms with E-state index in [-0.39, 0.29) is 42.0 Å². The molecule has 2 amide bonds. The highest BCUT2D eigenvalue weighted by Crippen LogP contribution is 2.42. The van der Waals surface area contributed by atoms with Crippen LogP contribution in [0.1, 0.15) is 93.4 Å². The summed E-state index contributed by atoms with van der Waals surface area (Å²) in [6.45, 7) is 8.28. The molecule has 6 heterocycles. The van der Waals surface area contributed by atoms with Crippen molar-refractivity contribution in [2.24, 2.45) is 5.92 Å². The molecule has 1 aliphatic carbocycles. The second kappa shape index (κ2) is 23.2. The Bertz CT molecular complexity index is 3020. The maximum absolute atomic E-state index is 14.4. The summed E-state index contributed by atoms with van der Waals surface area (Å²) < 4.78 is 19.7. The topological polar surface area (TPSA) is 161 Å². The number of ether oxygens (including phenoxy) is 3. The molecular weight excluding hydrogens is 961 g/mol. The van der Waals surface area contributed by atoms with Crippen LogP contribution in [0, 0.1) is 17.2 Å². The van der Waals surface area contributed by atoms with E-state index < -0.39 is 6.04 Å². The van der Waals surface area contributed by atoms with Crippen LogP contribution in [0.25, 0.3) is 32.8 Å². The third-order valence-electron chi connectivity index (χ3n) is 16.3. The minimum atomic E-state index is -0.492. The average molecular weight is 1030 g/mol. The van der Waals surface area contributed by atoms with Gasteiger partial charge in [0.15, 0.2) is 0 Å². The molecule has 2 N–H and O–H groups in total. The Morgan fingerprint density at radius 2 is 1.68 bits per heavy atom. The molecule has 0 unspecified atom stereocenters. The third-order valence-corrected chi connectivity index (χ3v) is 17.2. The lowest BCUT2D eigenvalue weighted by Gasteiger charge is -2.37. The van der Waals surface area contributed by atoms with E-state index in [2.05, 4.69) is 104 Å². The first kappa shape index (κ1) is 50.8. The van der Waals surface area contributed by atoms with Crippen LogP contribution in [0.4, 0.5) is 11.5 Å². The van der Waals surface area contributed by atoms with Gasteiger partial charge < -0.3 is 39.5 Å². The second-order valence-electron chi connectivity index (χ2n) is 21.1. The number of fused-ring (bicyclic) bond motifs is 3. The number of carbonyl (C=O) groups excluding carboxylic acids is 2. The Morgan fingerprint density at radius 1 is 0.867 bits per heavy atom. The number of benzene rings is 4. The zero-order chi connectivity index (χ0) is 51.3. The van der Waals surface area contributed by atoms with Gasteiger partial charge in [-0.05, 0) is 79.8 Å². The van der Waals surface area contributed by atoms with E-state index in [0.29, 0.717) is 58.3 Å². The predicted molar refractivity (Wildman–Crippen MR) is 294 cm³/mol. The summed E-state index contributed by atoms with van der Waals surface area (Å²) in [6.07, 6.45) is 9.47. The minimum Gasteiger partial charge on any atom is -0.490 e. The van der Waals surface area contributed by atoms with E-state index in [1.165, 1.54) is 28.4 Å². The van der Waals surface area contributed by atoms with Crippen molar-refractivity contribution < 1.29 is 23.8 Å². The van der Waals surface area contributed by atoms with Crippen molar-refractivity contribution in [2.75, 3.05) is 75.9 Å². The Balaban J connectivity index is 0.742. The van der Waals surface area contributed by atoms with Gasteiger partial charge >= 0.3 is 6.01 Å². The first-order valence-electron chi connectivity index (χ1n) is 27.4. The van der Waals surface area contributed by atoms with E-state index >= 15 is 0 Å². The van der Waals surface area contributed by atoms with Gasteiger partial charge in [0, 0.05) is 79.8 Å². The SMILES string of the molecule is CCC(=O)N[C@H](C(=O)N1CCC[C@H]1c1nc(-c2c(OCCO[C@@H]3C[C@@H](COc4nc5c(c(N6CCN[C@@H](CC#N)C6)n4)CCN(c4cccc6ccccc46)C5)N(C)C3)ccc3ccccc23)cs1)C1CCCCC1. The number of amides is 2. The van der Waals surface area contributed by atoms with Crippen LogP contribution in [0.2, 0.25) is 0 Å². The molecule has 0 bridgehead atoms. The van der Waals surface area contributed by atoms with Gasteiger partial charge in [0.05, 0.1) is 54.7 Å². The number of rotatable bonds is 17. The van der Waals surface area contributed by atoms with Crippen molar-refractivity contribution in [2.45, 2.75) is 114 Å². The van der Waals surface area contributed by atoms with Gasteiger partial charge in [-0.2, -0.15) is 15.2 Å². The fourth-order valence-electron chi connectivity index (χ4n) is 12.3. The van der Waals surface area contributed by atoms with E-state index in [0.717, 1.165) is 122 Å². The number of hydrogen-bond acceptors (Lipinski definition) is 14. The standard InChI is InChI=1S/C59H70N10O5S/c1-3-53(70)64-55(41-15-5-4-6-16-41)58(71)69-28-12-21-51(69)57-62-49(38-75-57)54-46-19-10-8-14-40(46)22-23-52(54)73-32-31-72-44-33-43(66(2)35-44)37-74-59-63-48-36-67(50-20-11-17-39-13-7-9-18-45(39)50)29-25-47(48)56(65-59)68-30-27-61-42(34-68)24-26-60/h7-11,13-14,17-20,22-23,38,41-44,51,55,61H,3-6,12,15-16,21,24-25,27-37H2,1-2H3,(H,64,70)/t42-,43-,44+,51-,55-/m0/s1. The number of carbonyl (C=O) groups is 2. The number of hydrogen-bond donors (Lipinski definition) is 2. The molecule has 3 saturated heterocycles. The number of anilines is 2. The lowest BCUT2D eigenvalue weighted by molar-refractivity contribution is -0.139. The molecule has 16 heteroatoms. The average Bonchev–Trinajstić information content (AvgIpc) is 4.23. The number of nitrogens with zero attached hydrogens (tertiary/aromatic N) is 8. The quantitative estimate of drug-likeness (QED) is 0.0835. The van der Waals surface area contributed by atoms with E-state index in [1.807, 2.05) is 30.0 Å². The van der Waals surface area contributed by atoms with Gasteiger partial charge in [0.2, 0.25) is 11.8 Å². The molecule has 0 radical (unpaired) electrons. The maximum atomic E-state index is 14.4. The molecule has 4 aliphatic heterocycles. The van der Waals surface area contributed by atoms with Crippen molar-refractivity contribution in [3.8, 4) is 29.1 Å². The van der Waals surface area contributed by atoms with Crippen LogP contribution in [0.3, 0.4) is 0 Å². The van der Waals surface area contributed by atoms with Crippen molar-refractivity contribution in [1.82, 2.24) is 35.4 Å². The predicted octanol–water partition coefficient (Wildman–Crippen LogP) is 8.85. The normalized spacial score (nSPS) is 21.8. The number of aromatic nitrogens is 3. The number of likely N-dealkylation sites (tertiary alicyclic amines) is 2. The summed E-state index contributed by atoms with van der Waals surface area (Å²) in [5, 5.41) is 23.8. The van der Waals surface area contributed by atoms with Gasteiger partial charge in [-0.1, -0.05) is 92.9 Å². The zero-order valence-electron chi connectivity index (χ0n) is 43.4. The molecule has 6 aromatic rings. The fraction of sp³-hybridized carbons (Fsp3) is 0.492. The molecule has 1 saturated carbocycles. The molecule has 11 rings (SSSR count). The summed E-state index contributed by atoms with van der Waals surface area (Å²) in [5.74, 6) is 1.80. The van der Waals surface area contributed by atoms with Crippen LogP contribution in [-0.4, -0.2) is 127 Å². The molecule has 0 spiro atoms. The Morgan fingerprint density at radius 3 is 2.52 bits per heavy atom. The Labute approximate surface area is 444 Å². The number of likely N-dealkylation sites (N-methyl/N-ethyl adjacent to an activating group) is 1. The lowest BCUT2D eigenvalue weighted by atomic mass is 9.83. The number of piperazine rings is 1. The zero-order valence-corrected chi connectivity index (χ0v) is 44.2. The first-order valence-corrected chi connectivity index (χ1v) is 28.3. The molecule has 4 fully saturated rings. The van der Waals surface area contributed by atoms with Gasteiger partial charge in [-0.15, -0.1) is 11.3 Å². The highest BCUT2D eigenvalue weighted by atomic mass is 32.1. The summed E-state index contributed by atoms with van der Waals surface area (Å²) in [6, 6.07) is 29.8. The summed E-state index contributed by atoms with van der Waals surface area (Å²) in [4.78, 5) is 51.7. The van der Waals surface area contributed by atoms with Crippen molar-refractivity contribution in [3.05, 3.63) is 101 Å². The van der Waals surface area contributed by atoms with Gasteiger partial charge in [-0.3, -0.25) is 14.5 Å². The van der Waals surface area contributed by atoms with E-state index in [9.17, 15) is 14.9 Å². The largest absolute Gasteiger partial charge is 0.490 e. The van der Waals surface area contributed by atoms with E-state index in [4.69, 9.17) is 29.2 Å². The molecule has 15 nitrogen and oxygen atoms in total. The molecule has 392 valence electrons. The summed E-state index contributed by atoms with van der Waals surface area (Å²) in [7, 11) is 2.12. The number of nitrogens with one attached hydrogen (secondary N) is 2. The fourth-order valence-corrected chi connectivity index (χ4v) is 13.3. The molecular formula is C59H70N10O5S. The van der Waals surface area contributed by atoms with Crippen molar-refractivity contribution in [1.29, 1.82) is 5.26 Å². The lowest BCUT2D eigenvalue weighted by Crippen LogP contribution is -2.52.